The minimum atomic E-state index is -0.275. The first-order valence-electron chi connectivity index (χ1n) is 10.0. The van der Waals surface area contributed by atoms with E-state index in [-0.39, 0.29) is 18.4 Å². The Morgan fingerprint density at radius 3 is 2.59 bits per heavy atom. The molecule has 0 bridgehead atoms. The first-order valence-corrected chi connectivity index (χ1v) is 11.3. The average Bonchev–Trinajstić information content (AvgIpc) is 3.55. The molecule has 1 amide bonds. The van der Waals surface area contributed by atoms with Gasteiger partial charge in [0, 0.05) is 35.2 Å². The lowest BCUT2D eigenvalue weighted by Crippen LogP contribution is -2.22. The Hall–Kier alpha value is -3.11. The molecular formula is C21H23ClN6O3S. The van der Waals surface area contributed by atoms with Crippen LogP contribution in [0.2, 0.25) is 5.02 Å². The number of nitrogens with zero attached hydrogens (tertiary/aromatic N) is 3. The number of methoxy groups -OCH3 is 2. The molecule has 0 aliphatic heterocycles. The standard InChI is InChI=1S/C21H23ClN6O3S/c1-30-15-5-13(6-16(7-15)31-2)26-18(29)10-25-21-24-9-17(22)19(28-21)23-8-14-11-32-20(27-14)12-3-4-12/h5-7,9,11-12H,3-4,8,10H2,1-2H3,(H,26,29)(H2,23,24,25,28). The molecular weight excluding hydrogens is 452 g/mol. The number of carbonyl (C=O) groups excluding carboxylic acids is 1. The number of ether oxygens (including phenoxy) is 2. The maximum atomic E-state index is 12.4. The van der Waals surface area contributed by atoms with Crippen molar-refractivity contribution in [2.45, 2.75) is 25.3 Å². The molecule has 1 fully saturated rings. The smallest absolute Gasteiger partial charge is 0.243 e. The maximum Gasteiger partial charge on any atom is 0.243 e. The van der Waals surface area contributed by atoms with Crippen molar-refractivity contribution < 1.29 is 14.3 Å². The topological polar surface area (TPSA) is 110 Å². The zero-order valence-electron chi connectivity index (χ0n) is 17.6. The lowest BCUT2D eigenvalue weighted by atomic mass is 10.2. The first-order chi connectivity index (χ1) is 15.5. The number of hydrogen-bond donors (Lipinski definition) is 3. The minimum absolute atomic E-state index is 0.0303. The molecule has 9 nitrogen and oxygen atoms in total. The molecule has 11 heteroatoms. The summed E-state index contributed by atoms with van der Waals surface area (Å²) in [6.07, 6.45) is 3.94. The number of thiazole rings is 1. The second kappa shape index (κ2) is 10.0. The summed E-state index contributed by atoms with van der Waals surface area (Å²) in [5.41, 5.74) is 1.51. The zero-order valence-corrected chi connectivity index (χ0v) is 19.2. The molecule has 168 valence electrons. The first kappa shape index (κ1) is 22.1. The molecule has 0 saturated heterocycles. The van der Waals surface area contributed by atoms with Crippen LogP contribution < -0.4 is 25.4 Å². The fourth-order valence-electron chi connectivity index (χ4n) is 2.92. The van der Waals surface area contributed by atoms with Gasteiger partial charge in [-0.25, -0.2) is 9.97 Å². The zero-order chi connectivity index (χ0) is 22.5. The Labute approximate surface area is 194 Å². The Morgan fingerprint density at radius 1 is 1.16 bits per heavy atom. The number of aromatic nitrogens is 3. The van der Waals surface area contributed by atoms with Gasteiger partial charge in [-0.15, -0.1) is 11.3 Å². The predicted molar refractivity (Wildman–Crippen MR) is 125 cm³/mol. The SMILES string of the molecule is COc1cc(NC(=O)CNc2ncc(Cl)c(NCc3csc(C4CC4)n3)n2)cc(OC)c1. The van der Waals surface area contributed by atoms with Crippen molar-refractivity contribution in [3.8, 4) is 11.5 Å². The summed E-state index contributed by atoms with van der Waals surface area (Å²) in [7, 11) is 3.10. The van der Waals surface area contributed by atoms with Gasteiger partial charge in [0.15, 0.2) is 5.82 Å². The molecule has 1 aromatic carbocycles. The molecule has 3 aromatic rings. The molecule has 3 N–H and O–H groups in total. The fourth-order valence-corrected chi connectivity index (χ4v) is 4.07. The number of anilines is 3. The predicted octanol–water partition coefficient (Wildman–Crippen LogP) is 4.14. The quantitative estimate of drug-likeness (QED) is 0.402. The van der Waals surface area contributed by atoms with Crippen LogP contribution in [-0.2, 0) is 11.3 Å². The van der Waals surface area contributed by atoms with Gasteiger partial charge >= 0.3 is 0 Å². The summed E-state index contributed by atoms with van der Waals surface area (Å²) in [6.45, 7) is 0.481. The summed E-state index contributed by atoms with van der Waals surface area (Å²) in [5.74, 6) is 2.28. The summed E-state index contributed by atoms with van der Waals surface area (Å²) in [6, 6.07) is 5.13. The van der Waals surface area contributed by atoms with Crippen molar-refractivity contribution in [1.29, 1.82) is 0 Å². The number of nitrogens with one attached hydrogen (secondary N) is 3. The summed E-state index contributed by atoms with van der Waals surface area (Å²) in [4.78, 5) is 25.5. The van der Waals surface area contributed by atoms with E-state index in [1.54, 1.807) is 43.8 Å². The highest BCUT2D eigenvalue weighted by molar-refractivity contribution is 7.09. The van der Waals surface area contributed by atoms with Crippen LogP contribution in [0.25, 0.3) is 0 Å². The lowest BCUT2D eigenvalue weighted by Gasteiger charge is -2.11. The summed E-state index contributed by atoms with van der Waals surface area (Å²) in [5, 5.41) is 12.5. The third-order valence-electron chi connectivity index (χ3n) is 4.72. The maximum absolute atomic E-state index is 12.4. The summed E-state index contributed by atoms with van der Waals surface area (Å²) < 4.78 is 10.4. The molecule has 1 aliphatic carbocycles. The van der Waals surface area contributed by atoms with Gasteiger partial charge in [-0.1, -0.05) is 11.6 Å². The molecule has 0 radical (unpaired) electrons. The van der Waals surface area contributed by atoms with E-state index in [0.717, 1.165) is 5.69 Å². The van der Waals surface area contributed by atoms with Gasteiger partial charge in [-0.05, 0) is 12.8 Å². The van der Waals surface area contributed by atoms with Crippen LogP contribution >= 0.6 is 22.9 Å². The van der Waals surface area contributed by atoms with Crippen LogP contribution in [0.1, 0.15) is 29.5 Å². The Balaban J connectivity index is 1.32. The van der Waals surface area contributed by atoms with Crippen LogP contribution in [-0.4, -0.2) is 41.6 Å². The van der Waals surface area contributed by atoms with E-state index < -0.39 is 0 Å². The van der Waals surface area contributed by atoms with Crippen LogP contribution in [0.4, 0.5) is 17.5 Å². The minimum Gasteiger partial charge on any atom is -0.497 e. The van der Waals surface area contributed by atoms with E-state index in [0.29, 0.717) is 40.5 Å². The van der Waals surface area contributed by atoms with Crippen LogP contribution in [0.15, 0.2) is 29.8 Å². The Morgan fingerprint density at radius 2 is 1.91 bits per heavy atom. The fraction of sp³-hybridized carbons (Fsp3) is 0.333. The third-order valence-corrected chi connectivity index (χ3v) is 6.05. The molecule has 0 atom stereocenters. The normalized spacial score (nSPS) is 12.8. The van der Waals surface area contributed by atoms with Gasteiger partial charge in [-0.2, -0.15) is 4.98 Å². The van der Waals surface area contributed by atoms with Crippen LogP contribution in [0.5, 0.6) is 11.5 Å². The van der Waals surface area contributed by atoms with Crippen LogP contribution in [0.3, 0.4) is 0 Å². The van der Waals surface area contributed by atoms with Crippen molar-refractivity contribution >= 4 is 46.3 Å². The van der Waals surface area contributed by atoms with Crippen molar-refractivity contribution in [3.63, 3.8) is 0 Å². The van der Waals surface area contributed by atoms with Crippen molar-refractivity contribution in [1.82, 2.24) is 15.0 Å². The number of amides is 1. The van der Waals surface area contributed by atoms with Gasteiger partial charge in [0.1, 0.15) is 16.5 Å². The molecule has 0 unspecified atom stereocenters. The highest BCUT2D eigenvalue weighted by atomic mass is 35.5. The molecule has 2 aromatic heterocycles. The van der Waals surface area contributed by atoms with E-state index in [1.807, 2.05) is 5.38 Å². The van der Waals surface area contributed by atoms with Gasteiger partial charge < -0.3 is 25.4 Å². The molecule has 32 heavy (non-hydrogen) atoms. The van der Waals surface area contributed by atoms with E-state index in [2.05, 4.69) is 30.9 Å². The Bertz CT molecular complexity index is 1080. The van der Waals surface area contributed by atoms with Crippen LogP contribution in [0, 0.1) is 0 Å². The highest BCUT2D eigenvalue weighted by Crippen LogP contribution is 2.41. The summed E-state index contributed by atoms with van der Waals surface area (Å²) >= 11 is 7.91. The van der Waals surface area contributed by atoms with E-state index in [1.165, 1.54) is 24.0 Å². The van der Waals surface area contributed by atoms with E-state index in [9.17, 15) is 4.79 Å². The Kier molecular flexibility index (Phi) is 6.91. The van der Waals surface area contributed by atoms with Crippen molar-refractivity contribution in [2.24, 2.45) is 0 Å². The van der Waals surface area contributed by atoms with E-state index >= 15 is 0 Å². The molecule has 0 spiro atoms. The van der Waals surface area contributed by atoms with Crippen molar-refractivity contribution in [3.05, 3.63) is 45.5 Å². The molecule has 1 saturated carbocycles. The second-order valence-electron chi connectivity index (χ2n) is 7.20. The lowest BCUT2D eigenvalue weighted by molar-refractivity contribution is -0.114. The number of halogens is 1. The van der Waals surface area contributed by atoms with E-state index in [4.69, 9.17) is 21.1 Å². The highest BCUT2D eigenvalue weighted by Gasteiger charge is 2.26. The largest absolute Gasteiger partial charge is 0.497 e. The third kappa shape index (κ3) is 5.77. The number of hydrogen-bond acceptors (Lipinski definition) is 9. The monoisotopic (exact) mass is 474 g/mol. The van der Waals surface area contributed by atoms with Gasteiger partial charge in [0.25, 0.3) is 0 Å². The number of rotatable bonds is 10. The van der Waals surface area contributed by atoms with Gasteiger partial charge in [-0.3, -0.25) is 4.79 Å². The van der Waals surface area contributed by atoms with Gasteiger partial charge in [0.05, 0.1) is 44.2 Å². The molecule has 2 heterocycles. The van der Waals surface area contributed by atoms with Gasteiger partial charge in [0.2, 0.25) is 11.9 Å². The molecule has 1 aliphatic rings. The number of carbonyl (C=O) groups is 1. The second-order valence-corrected chi connectivity index (χ2v) is 8.50. The number of benzene rings is 1. The average molecular weight is 475 g/mol. The van der Waals surface area contributed by atoms with Crippen molar-refractivity contribution in [2.75, 3.05) is 36.7 Å². The molecule has 4 rings (SSSR count).